The Kier molecular flexibility index (Phi) is 13.6. The van der Waals surface area contributed by atoms with Gasteiger partial charge in [0.25, 0.3) is 5.69 Å². The van der Waals surface area contributed by atoms with Gasteiger partial charge < -0.3 is 52.8 Å². The van der Waals surface area contributed by atoms with E-state index in [0.29, 0.717) is 0 Å². The van der Waals surface area contributed by atoms with Crippen LogP contribution >= 0.6 is 0 Å². The fourth-order valence-electron chi connectivity index (χ4n) is 5.42. The molecule has 0 aliphatic carbocycles. The summed E-state index contributed by atoms with van der Waals surface area (Å²) in [5, 5.41) is 32.8. The monoisotopic (exact) mass is 735 g/mol. The van der Waals surface area contributed by atoms with Crippen LogP contribution in [0, 0.1) is 10.1 Å². The molecule has 4 rings (SSSR count). The Bertz CT molecular complexity index is 1580. The predicted molar refractivity (Wildman–Crippen MR) is 168 cm³/mol. The number of nitrogens with zero attached hydrogens (tertiary/aromatic N) is 1. The summed E-state index contributed by atoms with van der Waals surface area (Å²) in [6.07, 6.45) is -16.7. The number of non-ortho nitro benzene ring substituents is 1. The molecule has 0 saturated carbocycles. The Morgan fingerprint density at radius 3 is 1.83 bits per heavy atom. The molecule has 0 spiro atoms. The van der Waals surface area contributed by atoms with Crippen molar-refractivity contribution in [1.82, 2.24) is 0 Å². The second-order valence-electron chi connectivity index (χ2n) is 11.5. The van der Waals surface area contributed by atoms with Crippen molar-refractivity contribution in [3.63, 3.8) is 0 Å². The summed E-state index contributed by atoms with van der Waals surface area (Å²) in [5.74, 6) is -4.45. The molecule has 282 valence electrons. The van der Waals surface area contributed by atoms with E-state index in [9.17, 15) is 44.3 Å². The van der Waals surface area contributed by atoms with Crippen LogP contribution in [0.4, 0.5) is 5.69 Å². The molecule has 2 aromatic carbocycles. The van der Waals surface area contributed by atoms with Crippen molar-refractivity contribution in [3.8, 4) is 5.75 Å². The summed E-state index contributed by atoms with van der Waals surface area (Å²) in [6.45, 7) is 2.74. The molecule has 2 N–H and O–H groups in total. The fourth-order valence-corrected chi connectivity index (χ4v) is 5.42. The highest BCUT2D eigenvalue weighted by atomic mass is 16.8. The highest BCUT2D eigenvalue weighted by Gasteiger charge is 2.57. The largest absolute Gasteiger partial charge is 0.463 e. The van der Waals surface area contributed by atoms with Crippen molar-refractivity contribution in [1.29, 1.82) is 0 Å². The van der Waals surface area contributed by atoms with Gasteiger partial charge in [-0.05, 0) is 24.3 Å². The molecule has 19 nitrogen and oxygen atoms in total. The molecule has 0 bridgehead atoms. The van der Waals surface area contributed by atoms with Gasteiger partial charge in [0.15, 0.2) is 30.7 Å². The highest BCUT2D eigenvalue weighted by molar-refractivity contribution is 5.89. The van der Waals surface area contributed by atoms with Gasteiger partial charge in [-0.3, -0.25) is 29.3 Å². The number of aliphatic hydroxyl groups excluding tert-OH is 2. The number of rotatable bonds is 13. The first-order valence-electron chi connectivity index (χ1n) is 15.8. The summed E-state index contributed by atoms with van der Waals surface area (Å²) >= 11 is 0. The number of carbonyl (C=O) groups is 5. The summed E-state index contributed by atoms with van der Waals surface area (Å²) in [5.41, 5.74) is -0.209. The van der Waals surface area contributed by atoms with E-state index in [1.807, 2.05) is 0 Å². The summed E-state index contributed by atoms with van der Waals surface area (Å²) < 4.78 is 51.1. The first-order chi connectivity index (χ1) is 24.7. The second kappa shape index (κ2) is 17.8. The zero-order valence-corrected chi connectivity index (χ0v) is 28.3. The molecule has 0 radical (unpaired) electrons. The number of esters is 5. The van der Waals surface area contributed by atoms with Gasteiger partial charge in [0, 0.05) is 39.8 Å². The van der Waals surface area contributed by atoms with Crippen LogP contribution < -0.4 is 4.74 Å². The van der Waals surface area contributed by atoms with Crippen LogP contribution in [-0.2, 0) is 57.1 Å². The highest BCUT2D eigenvalue weighted by Crippen LogP contribution is 2.35. The smallest absolute Gasteiger partial charge is 0.338 e. The molecule has 0 aromatic heterocycles. The van der Waals surface area contributed by atoms with E-state index in [-0.39, 0.29) is 17.0 Å². The van der Waals surface area contributed by atoms with Crippen LogP contribution in [0.15, 0.2) is 54.6 Å². The van der Waals surface area contributed by atoms with Gasteiger partial charge in [-0.25, -0.2) is 4.79 Å². The van der Waals surface area contributed by atoms with E-state index < -0.39 is 109 Å². The maximum atomic E-state index is 13.4. The summed E-state index contributed by atoms with van der Waals surface area (Å²) in [4.78, 5) is 72.5. The van der Waals surface area contributed by atoms with Gasteiger partial charge in [0.1, 0.15) is 36.8 Å². The minimum Gasteiger partial charge on any atom is -0.463 e. The number of nitro groups is 1. The van der Waals surface area contributed by atoms with Crippen molar-refractivity contribution < 1.29 is 81.7 Å². The zero-order valence-electron chi connectivity index (χ0n) is 28.3. The second-order valence-corrected chi connectivity index (χ2v) is 11.5. The summed E-state index contributed by atoms with van der Waals surface area (Å²) in [7, 11) is 0. The normalized spacial score (nSPS) is 28.4. The van der Waals surface area contributed by atoms with Crippen molar-refractivity contribution >= 4 is 35.5 Å². The third-order valence-electron chi connectivity index (χ3n) is 7.59. The SMILES string of the molecule is CC(=O)OC[C@H]1O[C@H](O[C@H]2[C@H](O)[C@@H](CO)O[C@H](Oc3ccc([N+](=O)[O-])cc3)[C@H]2OC(=O)c2ccccc2)[C@@H](OC(C)=O)[C@@H](OC(C)=O)[C@@H]1OC(C)=O. The molecule has 10 atom stereocenters. The van der Waals surface area contributed by atoms with E-state index in [2.05, 4.69) is 0 Å². The Hall–Kier alpha value is -5.21. The number of nitro benzene ring substituents is 1. The van der Waals surface area contributed by atoms with Gasteiger partial charge >= 0.3 is 29.8 Å². The van der Waals surface area contributed by atoms with Gasteiger partial charge in [-0.2, -0.15) is 0 Å². The maximum absolute atomic E-state index is 13.4. The van der Waals surface area contributed by atoms with Crippen LogP contribution in [0.5, 0.6) is 5.75 Å². The van der Waals surface area contributed by atoms with Crippen molar-refractivity contribution in [3.05, 3.63) is 70.3 Å². The lowest BCUT2D eigenvalue weighted by Gasteiger charge is -2.48. The molecule has 2 aliphatic heterocycles. The lowest BCUT2D eigenvalue weighted by Crippen LogP contribution is -2.67. The average molecular weight is 736 g/mol. The average Bonchev–Trinajstić information content (AvgIpc) is 3.08. The Balaban J connectivity index is 1.79. The third kappa shape index (κ3) is 10.2. The zero-order chi connectivity index (χ0) is 38.1. The van der Waals surface area contributed by atoms with Crippen molar-refractivity contribution in [2.45, 2.75) is 89.1 Å². The van der Waals surface area contributed by atoms with Crippen LogP contribution in [0.3, 0.4) is 0 Å². The van der Waals surface area contributed by atoms with E-state index in [0.717, 1.165) is 39.8 Å². The van der Waals surface area contributed by atoms with E-state index in [1.165, 1.54) is 24.3 Å². The molecule has 2 aliphatic rings. The Morgan fingerprint density at radius 2 is 1.27 bits per heavy atom. The van der Waals surface area contributed by atoms with Crippen LogP contribution in [0.2, 0.25) is 0 Å². The number of hydrogen-bond donors (Lipinski definition) is 2. The van der Waals surface area contributed by atoms with Gasteiger partial charge in [0.05, 0.1) is 17.1 Å². The number of carbonyl (C=O) groups excluding carboxylic acids is 5. The van der Waals surface area contributed by atoms with Crippen molar-refractivity contribution in [2.75, 3.05) is 13.2 Å². The standard InChI is InChI=1S/C33H37NO18/c1-16(36)44-15-24-26(45-17(2)37)28(46-18(3)38)30(47-19(4)39)33(50-24)52-27-25(40)23(14-35)49-32(48-22-12-10-21(11-13-22)34(42)43)29(27)51-31(41)20-8-6-5-7-9-20/h5-13,23-30,32-33,35,40H,14-15H2,1-4H3/t23-,24-,25-,26-,27+,28+,29+,30+,32+,33-/m1/s1. The van der Waals surface area contributed by atoms with E-state index in [1.54, 1.807) is 18.2 Å². The van der Waals surface area contributed by atoms with Crippen LogP contribution in [0.25, 0.3) is 0 Å². The maximum Gasteiger partial charge on any atom is 0.338 e. The van der Waals surface area contributed by atoms with Crippen LogP contribution in [0.1, 0.15) is 38.1 Å². The molecule has 2 heterocycles. The lowest BCUT2D eigenvalue weighted by molar-refractivity contribution is -0.384. The molecule has 0 amide bonds. The minimum absolute atomic E-state index is 0.0181. The van der Waals surface area contributed by atoms with E-state index >= 15 is 0 Å². The number of hydrogen-bond acceptors (Lipinski definition) is 18. The molecular weight excluding hydrogens is 698 g/mol. The first-order valence-corrected chi connectivity index (χ1v) is 15.8. The molecule has 52 heavy (non-hydrogen) atoms. The Labute approximate surface area is 295 Å². The number of ether oxygens (including phenoxy) is 9. The summed E-state index contributed by atoms with van der Waals surface area (Å²) in [6, 6.07) is 12.3. The molecule has 0 unspecified atom stereocenters. The van der Waals surface area contributed by atoms with Gasteiger partial charge in [-0.1, -0.05) is 18.2 Å². The number of aliphatic hydroxyl groups is 2. The van der Waals surface area contributed by atoms with Crippen LogP contribution in [-0.4, -0.2) is 120 Å². The lowest BCUT2D eigenvalue weighted by atomic mass is 9.96. The molecular formula is C33H37NO18. The predicted octanol–water partition coefficient (Wildman–Crippen LogP) is 0.746. The molecule has 2 fully saturated rings. The van der Waals surface area contributed by atoms with Crippen molar-refractivity contribution in [2.24, 2.45) is 0 Å². The number of benzene rings is 2. The fraction of sp³-hybridized carbons (Fsp3) is 0.485. The minimum atomic E-state index is -1.85. The molecule has 2 saturated heterocycles. The van der Waals surface area contributed by atoms with Gasteiger partial charge in [0.2, 0.25) is 6.29 Å². The quantitative estimate of drug-likeness (QED) is 0.125. The Morgan fingerprint density at radius 1 is 0.712 bits per heavy atom. The van der Waals surface area contributed by atoms with E-state index in [4.69, 9.17) is 42.6 Å². The third-order valence-corrected chi connectivity index (χ3v) is 7.59. The topological polar surface area (TPSA) is 252 Å². The van der Waals surface area contributed by atoms with Gasteiger partial charge in [-0.15, -0.1) is 0 Å². The molecule has 2 aromatic rings. The first kappa shape index (κ1) is 39.6. The molecule has 19 heteroatoms.